The van der Waals surface area contributed by atoms with Crippen LogP contribution in [0.2, 0.25) is 0 Å². The van der Waals surface area contributed by atoms with Crippen LogP contribution in [0.3, 0.4) is 0 Å². The van der Waals surface area contributed by atoms with E-state index in [4.69, 9.17) is 0 Å². The zero-order chi connectivity index (χ0) is 12.8. The lowest BCUT2D eigenvalue weighted by atomic mass is 9.94. The molecular formula is C13H15N3OS. The van der Waals surface area contributed by atoms with Crippen LogP contribution in [0, 0.1) is 0 Å². The molecule has 1 N–H and O–H groups in total. The number of nitrogens with one attached hydrogen (secondary N) is 1. The molecule has 0 spiro atoms. The van der Waals surface area contributed by atoms with Gasteiger partial charge in [0.1, 0.15) is 5.51 Å². The van der Waals surface area contributed by atoms with Crippen LogP contribution in [0.25, 0.3) is 0 Å². The largest absolute Gasteiger partial charge is 0.300 e. The Labute approximate surface area is 110 Å². The van der Waals surface area contributed by atoms with Gasteiger partial charge in [-0.05, 0) is 12.0 Å². The maximum atomic E-state index is 12.2. The summed E-state index contributed by atoms with van der Waals surface area (Å²) in [5, 5.41) is 10.9. The smallest absolute Gasteiger partial charge is 0.233 e. The van der Waals surface area contributed by atoms with E-state index in [9.17, 15) is 4.79 Å². The van der Waals surface area contributed by atoms with Crippen LogP contribution >= 0.6 is 11.3 Å². The molecule has 0 unspecified atom stereocenters. The summed E-state index contributed by atoms with van der Waals surface area (Å²) in [4.78, 5) is 12.2. The number of anilines is 1. The number of rotatable bonds is 5. The minimum atomic E-state index is -0.125. The predicted octanol–water partition coefficient (Wildman–Crippen LogP) is 3.06. The van der Waals surface area contributed by atoms with E-state index in [1.54, 1.807) is 5.51 Å². The first-order valence-corrected chi connectivity index (χ1v) is 6.81. The Morgan fingerprint density at radius 3 is 2.78 bits per heavy atom. The second-order valence-electron chi connectivity index (χ2n) is 3.99. The fraction of sp³-hybridized carbons (Fsp3) is 0.308. The third-order valence-corrected chi connectivity index (χ3v) is 3.29. The number of benzene rings is 1. The van der Waals surface area contributed by atoms with Crippen molar-refractivity contribution < 1.29 is 4.79 Å². The third-order valence-electron chi connectivity index (χ3n) is 2.69. The number of hydrogen-bond donors (Lipinski definition) is 1. The predicted molar refractivity (Wildman–Crippen MR) is 72.6 cm³/mol. The SMILES string of the molecule is CCC[C@H](C(=O)Nc1nncs1)c1ccccc1. The van der Waals surface area contributed by atoms with Gasteiger partial charge in [-0.15, -0.1) is 10.2 Å². The van der Waals surface area contributed by atoms with Crippen molar-refractivity contribution in [2.24, 2.45) is 0 Å². The highest BCUT2D eigenvalue weighted by molar-refractivity contribution is 7.13. The number of nitrogens with zero attached hydrogens (tertiary/aromatic N) is 2. The molecule has 2 rings (SSSR count). The Morgan fingerprint density at radius 1 is 1.39 bits per heavy atom. The molecule has 0 saturated heterocycles. The zero-order valence-electron chi connectivity index (χ0n) is 10.2. The van der Waals surface area contributed by atoms with Crippen LogP contribution in [-0.2, 0) is 4.79 Å². The molecule has 2 aromatic rings. The molecule has 18 heavy (non-hydrogen) atoms. The van der Waals surface area contributed by atoms with Crippen molar-refractivity contribution in [1.82, 2.24) is 10.2 Å². The first kappa shape index (κ1) is 12.7. The summed E-state index contributed by atoms with van der Waals surface area (Å²) >= 11 is 1.33. The summed E-state index contributed by atoms with van der Waals surface area (Å²) in [6.45, 7) is 2.08. The average Bonchev–Trinajstić information content (AvgIpc) is 2.89. The van der Waals surface area contributed by atoms with E-state index >= 15 is 0 Å². The monoisotopic (exact) mass is 261 g/mol. The standard InChI is InChI=1S/C13H15N3OS/c1-2-6-11(10-7-4-3-5-8-10)12(17)15-13-16-14-9-18-13/h3-5,7-9,11H,2,6H2,1H3,(H,15,16,17)/t11-/m0/s1. The molecule has 0 fully saturated rings. The molecule has 1 aromatic heterocycles. The summed E-state index contributed by atoms with van der Waals surface area (Å²) < 4.78 is 0. The highest BCUT2D eigenvalue weighted by atomic mass is 32.1. The van der Waals surface area contributed by atoms with E-state index in [1.807, 2.05) is 30.3 Å². The van der Waals surface area contributed by atoms with Gasteiger partial charge < -0.3 is 0 Å². The Kier molecular flexibility index (Phi) is 4.41. The maximum Gasteiger partial charge on any atom is 0.233 e. The molecule has 0 aliphatic carbocycles. The van der Waals surface area contributed by atoms with E-state index in [-0.39, 0.29) is 11.8 Å². The molecule has 0 aliphatic heterocycles. The molecule has 94 valence electrons. The molecule has 0 saturated carbocycles. The summed E-state index contributed by atoms with van der Waals surface area (Å²) in [7, 11) is 0. The Balaban J connectivity index is 2.12. The minimum Gasteiger partial charge on any atom is -0.300 e. The van der Waals surface area contributed by atoms with Gasteiger partial charge in [0, 0.05) is 0 Å². The third kappa shape index (κ3) is 3.13. The maximum absolute atomic E-state index is 12.2. The van der Waals surface area contributed by atoms with E-state index in [1.165, 1.54) is 11.3 Å². The van der Waals surface area contributed by atoms with Crippen molar-refractivity contribution >= 4 is 22.4 Å². The number of hydrogen-bond acceptors (Lipinski definition) is 4. The minimum absolute atomic E-state index is 0.0141. The van der Waals surface area contributed by atoms with Gasteiger partial charge in [0.25, 0.3) is 0 Å². The highest BCUT2D eigenvalue weighted by Gasteiger charge is 2.20. The van der Waals surface area contributed by atoms with Crippen molar-refractivity contribution in [3.63, 3.8) is 0 Å². The number of carbonyl (C=O) groups is 1. The Morgan fingerprint density at radius 2 is 2.17 bits per heavy atom. The molecule has 1 atom stereocenters. The zero-order valence-corrected chi connectivity index (χ0v) is 11.0. The highest BCUT2D eigenvalue weighted by Crippen LogP contribution is 2.23. The summed E-state index contributed by atoms with van der Waals surface area (Å²) in [5.41, 5.74) is 2.65. The van der Waals surface area contributed by atoms with Crippen molar-refractivity contribution in [2.45, 2.75) is 25.7 Å². The van der Waals surface area contributed by atoms with E-state index in [2.05, 4.69) is 22.4 Å². The lowest BCUT2D eigenvalue weighted by molar-refractivity contribution is -0.117. The molecule has 1 aromatic carbocycles. The topological polar surface area (TPSA) is 54.9 Å². The summed E-state index contributed by atoms with van der Waals surface area (Å²) in [5.74, 6) is -0.139. The normalized spacial score (nSPS) is 12.1. The van der Waals surface area contributed by atoms with Crippen molar-refractivity contribution in [3.8, 4) is 0 Å². The molecule has 5 heteroatoms. The second-order valence-corrected chi connectivity index (χ2v) is 4.82. The van der Waals surface area contributed by atoms with Gasteiger partial charge in [0.15, 0.2) is 0 Å². The van der Waals surface area contributed by atoms with E-state index in [0.29, 0.717) is 5.13 Å². The molecule has 0 radical (unpaired) electrons. The van der Waals surface area contributed by atoms with Crippen molar-refractivity contribution in [1.29, 1.82) is 0 Å². The first-order chi connectivity index (χ1) is 8.81. The van der Waals surface area contributed by atoms with E-state index in [0.717, 1.165) is 18.4 Å². The van der Waals surface area contributed by atoms with Crippen LogP contribution in [0.4, 0.5) is 5.13 Å². The average molecular weight is 261 g/mol. The van der Waals surface area contributed by atoms with Gasteiger partial charge in [0.05, 0.1) is 5.92 Å². The quantitative estimate of drug-likeness (QED) is 0.900. The molecule has 0 bridgehead atoms. The number of amides is 1. The van der Waals surface area contributed by atoms with Crippen LogP contribution in [0.15, 0.2) is 35.8 Å². The van der Waals surface area contributed by atoms with Crippen molar-refractivity contribution in [2.75, 3.05) is 5.32 Å². The van der Waals surface area contributed by atoms with Crippen molar-refractivity contribution in [3.05, 3.63) is 41.4 Å². The number of carbonyl (C=O) groups excluding carboxylic acids is 1. The van der Waals surface area contributed by atoms with Gasteiger partial charge in [0.2, 0.25) is 11.0 Å². The summed E-state index contributed by atoms with van der Waals surface area (Å²) in [6.07, 6.45) is 1.79. The van der Waals surface area contributed by atoms with Crippen LogP contribution < -0.4 is 5.32 Å². The Bertz CT molecular complexity index is 484. The molecule has 0 aliphatic rings. The first-order valence-electron chi connectivity index (χ1n) is 5.93. The van der Waals surface area contributed by atoms with Gasteiger partial charge in [-0.1, -0.05) is 55.0 Å². The molecule has 1 amide bonds. The lowest BCUT2D eigenvalue weighted by Gasteiger charge is -2.15. The second kappa shape index (κ2) is 6.26. The lowest BCUT2D eigenvalue weighted by Crippen LogP contribution is -2.21. The van der Waals surface area contributed by atoms with Gasteiger partial charge in [-0.3, -0.25) is 10.1 Å². The molecule has 4 nitrogen and oxygen atoms in total. The Hall–Kier alpha value is -1.75. The molecular weight excluding hydrogens is 246 g/mol. The molecule has 1 heterocycles. The van der Waals surface area contributed by atoms with Gasteiger partial charge in [-0.25, -0.2) is 0 Å². The number of aromatic nitrogens is 2. The van der Waals surface area contributed by atoms with Gasteiger partial charge >= 0.3 is 0 Å². The fourth-order valence-electron chi connectivity index (χ4n) is 1.84. The summed E-state index contributed by atoms with van der Waals surface area (Å²) in [6, 6.07) is 9.83. The van der Waals surface area contributed by atoms with Gasteiger partial charge in [-0.2, -0.15) is 0 Å². The van der Waals surface area contributed by atoms with E-state index < -0.39 is 0 Å². The van der Waals surface area contributed by atoms with Crippen LogP contribution in [0.5, 0.6) is 0 Å². The van der Waals surface area contributed by atoms with Crippen LogP contribution in [-0.4, -0.2) is 16.1 Å². The van der Waals surface area contributed by atoms with Crippen LogP contribution in [0.1, 0.15) is 31.2 Å². The fourth-order valence-corrected chi connectivity index (χ4v) is 2.29.